The number of aromatic nitrogens is 2. The monoisotopic (exact) mass is 417 g/mol. The zero-order chi connectivity index (χ0) is 21.8. The Hall–Kier alpha value is -3.25. The number of aryl methyl sites for hydroxylation is 1. The number of hydrogen-bond donors (Lipinski definition) is 0. The maximum absolute atomic E-state index is 13.0. The van der Waals surface area contributed by atoms with Crippen molar-refractivity contribution in [2.75, 3.05) is 20.3 Å². The summed E-state index contributed by atoms with van der Waals surface area (Å²) in [6.07, 6.45) is 0.339. The highest BCUT2D eigenvalue weighted by molar-refractivity contribution is 5.70. The molecule has 0 bridgehead atoms. The lowest BCUT2D eigenvalue weighted by atomic mass is 9.89. The third kappa shape index (κ3) is 4.30. The zero-order valence-electron chi connectivity index (χ0n) is 18.1. The van der Waals surface area contributed by atoms with Crippen molar-refractivity contribution in [1.29, 1.82) is 0 Å². The molecule has 3 aromatic rings. The summed E-state index contributed by atoms with van der Waals surface area (Å²) < 4.78 is 11.4. The Morgan fingerprint density at radius 3 is 2.42 bits per heavy atom. The normalized spacial score (nSPS) is 19.7. The molecule has 1 fully saturated rings. The number of benzene rings is 2. The largest absolute Gasteiger partial charge is 0.435 e. The Kier molecular flexibility index (Phi) is 6.00. The minimum atomic E-state index is -0.753. The topological polar surface area (TPSA) is 64.5 Å². The van der Waals surface area contributed by atoms with Gasteiger partial charge in [-0.1, -0.05) is 54.6 Å². The van der Waals surface area contributed by atoms with Gasteiger partial charge in [0.1, 0.15) is 0 Å². The van der Waals surface area contributed by atoms with Crippen LogP contribution in [0.3, 0.4) is 0 Å². The van der Waals surface area contributed by atoms with Crippen LogP contribution < -0.4 is 0 Å². The number of carbonyl (C=O) groups excluding carboxylic acids is 1. The minimum absolute atomic E-state index is 0.109. The summed E-state index contributed by atoms with van der Waals surface area (Å²) in [5, 5.41) is 8.36. The van der Waals surface area contributed by atoms with Crippen molar-refractivity contribution >= 4 is 6.09 Å². The fourth-order valence-corrected chi connectivity index (χ4v) is 4.05. The molecule has 2 heterocycles. The number of hydrogen-bond acceptors (Lipinski definition) is 5. The van der Waals surface area contributed by atoms with Gasteiger partial charge in [0.25, 0.3) is 0 Å². The number of carbonyl (C=O) groups is 1. The Morgan fingerprint density at radius 1 is 1.06 bits per heavy atom. The third-order valence-electron chi connectivity index (χ3n) is 5.91. The molecule has 0 saturated carbocycles. The van der Waals surface area contributed by atoms with E-state index in [0.717, 1.165) is 28.1 Å². The molecule has 4 rings (SSSR count). The number of amides is 1. The maximum atomic E-state index is 13.0. The van der Waals surface area contributed by atoms with Gasteiger partial charge in [0.05, 0.1) is 24.0 Å². The molecule has 1 aliphatic heterocycles. The fourth-order valence-electron chi connectivity index (χ4n) is 4.05. The van der Waals surface area contributed by atoms with Crippen molar-refractivity contribution in [3.05, 3.63) is 83.6 Å². The average Bonchev–Trinajstić information content (AvgIpc) is 2.80. The van der Waals surface area contributed by atoms with E-state index in [4.69, 9.17) is 9.47 Å². The molecule has 0 aliphatic carbocycles. The molecular formula is C25H27N3O3. The van der Waals surface area contributed by atoms with E-state index in [9.17, 15) is 4.79 Å². The molecule has 1 amide bonds. The first kappa shape index (κ1) is 21.0. The standard InChI is InChI=1S/C25H27N3O3/c1-18-9-14-23(27-26-18)21-12-10-20(11-13-21)19(2)28-16-15-25(17-30-3,31-24(28)29)22-7-5-4-6-8-22/h4-14,19H,15-17H2,1-3H3/t19-,25-/m0/s1. The van der Waals surface area contributed by atoms with Crippen LogP contribution >= 0.6 is 0 Å². The van der Waals surface area contributed by atoms with Gasteiger partial charge in [0.2, 0.25) is 0 Å². The van der Waals surface area contributed by atoms with Crippen LogP contribution in [-0.2, 0) is 15.1 Å². The highest BCUT2D eigenvalue weighted by Gasteiger charge is 2.43. The van der Waals surface area contributed by atoms with Crippen LogP contribution in [-0.4, -0.2) is 41.5 Å². The van der Waals surface area contributed by atoms with Gasteiger partial charge in [-0.2, -0.15) is 10.2 Å². The average molecular weight is 418 g/mol. The summed E-state index contributed by atoms with van der Waals surface area (Å²) >= 11 is 0. The van der Waals surface area contributed by atoms with Gasteiger partial charge < -0.3 is 14.4 Å². The van der Waals surface area contributed by atoms with Gasteiger partial charge in [-0.3, -0.25) is 0 Å². The molecule has 0 spiro atoms. The van der Waals surface area contributed by atoms with Gasteiger partial charge >= 0.3 is 6.09 Å². The van der Waals surface area contributed by atoms with Gasteiger partial charge in [0.15, 0.2) is 5.60 Å². The predicted molar refractivity (Wildman–Crippen MR) is 118 cm³/mol. The van der Waals surface area contributed by atoms with Crippen LogP contribution in [0.25, 0.3) is 11.3 Å². The highest BCUT2D eigenvalue weighted by Crippen LogP contribution is 2.37. The zero-order valence-corrected chi connectivity index (χ0v) is 18.1. The molecule has 31 heavy (non-hydrogen) atoms. The predicted octanol–water partition coefficient (Wildman–Crippen LogP) is 4.90. The minimum Gasteiger partial charge on any atom is -0.435 e. The molecule has 6 nitrogen and oxygen atoms in total. The molecule has 6 heteroatoms. The van der Waals surface area contributed by atoms with E-state index in [1.165, 1.54) is 0 Å². The maximum Gasteiger partial charge on any atom is 0.411 e. The first-order chi connectivity index (χ1) is 15.0. The summed E-state index contributed by atoms with van der Waals surface area (Å²) in [6, 6.07) is 21.7. The van der Waals surface area contributed by atoms with Crippen LogP contribution in [0.15, 0.2) is 66.7 Å². The van der Waals surface area contributed by atoms with Crippen molar-refractivity contribution < 1.29 is 14.3 Å². The molecular weight excluding hydrogens is 390 g/mol. The Labute approximate surface area is 182 Å². The van der Waals surface area contributed by atoms with Gasteiger partial charge in [-0.05, 0) is 37.1 Å². The first-order valence-electron chi connectivity index (χ1n) is 10.5. The molecule has 2 aromatic carbocycles. The molecule has 2 atom stereocenters. The van der Waals surface area contributed by atoms with Crippen molar-refractivity contribution in [2.24, 2.45) is 0 Å². The summed E-state index contributed by atoms with van der Waals surface area (Å²) in [4.78, 5) is 14.8. The molecule has 1 saturated heterocycles. The number of rotatable bonds is 6. The second kappa shape index (κ2) is 8.86. The van der Waals surface area contributed by atoms with Crippen LogP contribution in [0.2, 0.25) is 0 Å². The Balaban J connectivity index is 1.50. The molecule has 0 radical (unpaired) electrons. The molecule has 160 valence electrons. The van der Waals surface area contributed by atoms with E-state index in [1.54, 1.807) is 12.0 Å². The van der Waals surface area contributed by atoms with Gasteiger partial charge in [0, 0.05) is 25.6 Å². The molecule has 0 unspecified atom stereocenters. The molecule has 1 aromatic heterocycles. The second-order valence-electron chi connectivity index (χ2n) is 7.96. The summed E-state index contributed by atoms with van der Waals surface area (Å²) in [5.41, 5.74) is 3.96. The van der Waals surface area contributed by atoms with Crippen molar-refractivity contribution in [3.63, 3.8) is 0 Å². The molecule has 0 N–H and O–H groups in total. The van der Waals surface area contributed by atoms with Crippen LogP contribution in [0, 0.1) is 6.92 Å². The Bertz CT molecular complexity index is 1020. The Morgan fingerprint density at radius 2 is 1.81 bits per heavy atom. The highest BCUT2D eigenvalue weighted by atomic mass is 16.6. The SMILES string of the molecule is COC[C@]1(c2ccccc2)CCN([C@@H](C)c2ccc(-c3ccc(C)nn3)cc2)C(=O)O1. The third-order valence-corrected chi connectivity index (χ3v) is 5.91. The van der Waals surface area contributed by atoms with Crippen molar-refractivity contribution in [2.45, 2.75) is 31.9 Å². The van der Waals surface area contributed by atoms with Crippen molar-refractivity contribution in [1.82, 2.24) is 15.1 Å². The second-order valence-corrected chi connectivity index (χ2v) is 7.96. The van der Waals surface area contributed by atoms with Crippen LogP contribution in [0.5, 0.6) is 0 Å². The summed E-state index contributed by atoms with van der Waals surface area (Å²) in [7, 11) is 1.63. The summed E-state index contributed by atoms with van der Waals surface area (Å²) in [5.74, 6) is 0. The fraction of sp³-hybridized carbons (Fsp3) is 0.320. The van der Waals surface area contributed by atoms with E-state index >= 15 is 0 Å². The lowest BCUT2D eigenvalue weighted by Gasteiger charge is -2.43. The van der Waals surface area contributed by atoms with E-state index < -0.39 is 5.60 Å². The van der Waals surface area contributed by atoms with E-state index in [2.05, 4.69) is 10.2 Å². The lowest BCUT2D eigenvalue weighted by Crippen LogP contribution is -2.50. The van der Waals surface area contributed by atoms with E-state index in [-0.39, 0.29) is 12.1 Å². The van der Waals surface area contributed by atoms with Crippen LogP contribution in [0.1, 0.15) is 36.2 Å². The number of nitrogens with zero attached hydrogens (tertiary/aromatic N) is 3. The van der Waals surface area contributed by atoms with E-state index in [0.29, 0.717) is 19.6 Å². The quantitative estimate of drug-likeness (QED) is 0.571. The molecule has 1 aliphatic rings. The van der Waals surface area contributed by atoms with E-state index in [1.807, 2.05) is 80.6 Å². The van der Waals surface area contributed by atoms with Gasteiger partial charge in [-0.25, -0.2) is 4.79 Å². The summed E-state index contributed by atoms with van der Waals surface area (Å²) in [6.45, 7) is 4.85. The van der Waals surface area contributed by atoms with Gasteiger partial charge in [-0.15, -0.1) is 0 Å². The van der Waals surface area contributed by atoms with Crippen molar-refractivity contribution in [3.8, 4) is 11.3 Å². The number of cyclic esters (lactones) is 1. The lowest BCUT2D eigenvalue weighted by molar-refractivity contribution is -0.0964. The number of methoxy groups -OCH3 is 1. The first-order valence-corrected chi connectivity index (χ1v) is 10.5. The smallest absolute Gasteiger partial charge is 0.411 e. The number of ether oxygens (including phenoxy) is 2. The van der Waals surface area contributed by atoms with Crippen LogP contribution in [0.4, 0.5) is 4.79 Å².